The van der Waals surface area contributed by atoms with Crippen LogP contribution >= 0.6 is 11.3 Å². The summed E-state index contributed by atoms with van der Waals surface area (Å²) in [6.07, 6.45) is 2.24. The summed E-state index contributed by atoms with van der Waals surface area (Å²) in [6.45, 7) is 3.55. The van der Waals surface area contributed by atoms with E-state index in [4.69, 9.17) is 15.2 Å². The highest BCUT2D eigenvalue weighted by atomic mass is 32.1. The zero-order chi connectivity index (χ0) is 17.4. The van der Waals surface area contributed by atoms with Gasteiger partial charge in [0.25, 0.3) is 5.91 Å². The number of nitrogens with zero attached hydrogens (tertiary/aromatic N) is 1. The highest BCUT2D eigenvalue weighted by Crippen LogP contribution is 2.39. The minimum atomic E-state index is -0.349. The van der Waals surface area contributed by atoms with Crippen LogP contribution in [0.3, 0.4) is 0 Å². The molecule has 1 aliphatic carbocycles. The summed E-state index contributed by atoms with van der Waals surface area (Å²) in [4.78, 5) is 17.1. The zero-order valence-electron chi connectivity index (χ0n) is 14.1. The lowest BCUT2D eigenvalue weighted by Gasteiger charge is -2.29. The predicted octanol–water partition coefficient (Wildman–Crippen LogP) is 2.44. The number of nitrogens with two attached hydrogens (primary N) is 1. The van der Waals surface area contributed by atoms with Crippen molar-refractivity contribution in [1.29, 1.82) is 0 Å². The number of hydrogen-bond acceptors (Lipinski definition) is 6. The number of amides is 1. The summed E-state index contributed by atoms with van der Waals surface area (Å²) in [5.74, 6) is 1.76. The number of rotatable bonds is 5. The van der Waals surface area contributed by atoms with E-state index in [1.807, 2.05) is 25.1 Å². The van der Waals surface area contributed by atoms with Gasteiger partial charge in [-0.2, -0.15) is 0 Å². The van der Waals surface area contributed by atoms with Crippen LogP contribution in [0.1, 0.15) is 30.3 Å². The van der Waals surface area contributed by atoms with Crippen LogP contribution in [0.4, 0.5) is 0 Å². The first-order valence-corrected chi connectivity index (χ1v) is 9.35. The summed E-state index contributed by atoms with van der Waals surface area (Å²) in [6, 6.07) is 5.72. The first kappa shape index (κ1) is 16.4. The highest BCUT2D eigenvalue weighted by Gasteiger charge is 2.41. The maximum Gasteiger partial charge on any atom is 0.271 e. The minimum Gasteiger partial charge on any atom is -0.486 e. The average molecular weight is 359 g/mol. The molecule has 1 unspecified atom stereocenters. The van der Waals surface area contributed by atoms with E-state index in [2.05, 4.69) is 10.3 Å². The lowest BCUT2D eigenvalue weighted by molar-refractivity contribution is 0.0893. The molecule has 1 aromatic carbocycles. The Hall–Kier alpha value is -2.12. The Balaban J connectivity index is 1.53. The van der Waals surface area contributed by atoms with E-state index in [-0.39, 0.29) is 11.4 Å². The SMILES string of the molecule is CC(CN)(NC(=O)c1csc(-c2ccc3c(c2)OCCO3)n1)C1CC1. The molecule has 1 aromatic heterocycles. The van der Waals surface area contributed by atoms with Gasteiger partial charge in [0.2, 0.25) is 0 Å². The number of aromatic nitrogens is 1. The molecule has 7 heteroatoms. The van der Waals surface area contributed by atoms with Gasteiger partial charge in [0.1, 0.15) is 23.9 Å². The Morgan fingerprint density at radius 3 is 2.84 bits per heavy atom. The molecular formula is C18H21N3O3S. The molecule has 0 bridgehead atoms. The second-order valence-corrected chi connectivity index (χ2v) is 7.60. The lowest BCUT2D eigenvalue weighted by Crippen LogP contribution is -2.53. The molecule has 1 aliphatic heterocycles. The Labute approximate surface area is 150 Å². The smallest absolute Gasteiger partial charge is 0.271 e. The van der Waals surface area contributed by atoms with E-state index in [0.717, 1.165) is 34.9 Å². The van der Waals surface area contributed by atoms with E-state index in [0.29, 0.717) is 31.4 Å². The zero-order valence-corrected chi connectivity index (χ0v) is 14.9. The van der Waals surface area contributed by atoms with Gasteiger partial charge in [0, 0.05) is 17.5 Å². The van der Waals surface area contributed by atoms with Crippen molar-refractivity contribution in [3.8, 4) is 22.1 Å². The molecule has 0 saturated heterocycles. The number of carbonyl (C=O) groups excluding carboxylic acids is 1. The van der Waals surface area contributed by atoms with Gasteiger partial charge in [-0.05, 0) is 43.9 Å². The third-order valence-electron chi connectivity index (χ3n) is 4.83. The number of thiazole rings is 1. The summed E-state index contributed by atoms with van der Waals surface area (Å²) in [5, 5.41) is 5.64. The van der Waals surface area contributed by atoms with Gasteiger partial charge >= 0.3 is 0 Å². The maximum absolute atomic E-state index is 12.6. The molecule has 0 radical (unpaired) electrons. The largest absolute Gasteiger partial charge is 0.486 e. The third-order valence-corrected chi connectivity index (χ3v) is 5.72. The Morgan fingerprint density at radius 1 is 1.36 bits per heavy atom. The number of fused-ring (bicyclic) bond motifs is 1. The first-order valence-electron chi connectivity index (χ1n) is 8.47. The highest BCUT2D eigenvalue weighted by molar-refractivity contribution is 7.13. The van der Waals surface area contributed by atoms with Gasteiger partial charge in [-0.1, -0.05) is 0 Å². The van der Waals surface area contributed by atoms with Crippen molar-refractivity contribution in [2.75, 3.05) is 19.8 Å². The van der Waals surface area contributed by atoms with Crippen LogP contribution in [0, 0.1) is 5.92 Å². The standard InChI is InChI=1S/C18H21N3O3S/c1-18(10-19,12-3-4-12)21-16(22)13-9-25-17(20-13)11-2-5-14-15(8-11)24-7-6-23-14/h2,5,8-9,12H,3-4,6-7,10,19H2,1H3,(H,21,22). The topological polar surface area (TPSA) is 86.5 Å². The van der Waals surface area contributed by atoms with Crippen LogP contribution in [-0.4, -0.2) is 36.2 Å². The molecule has 6 nitrogen and oxygen atoms in total. The van der Waals surface area contributed by atoms with E-state index in [9.17, 15) is 4.79 Å². The minimum absolute atomic E-state index is 0.167. The van der Waals surface area contributed by atoms with Gasteiger partial charge in [-0.3, -0.25) is 4.79 Å². The quantitative estimate of drug-likeness (QED) is 0.856. The summed E-state index contributed by atoms with van der Waals surface area (Å²) in [5.41, 5.74) is 6.87. The molecule has 1 fully saturated rings. The van der Waals surface area contributed by atoms with Crippen molar-refractivity contribution in [3.05, 3.63) is 29.3 Å². The van der Waals surface area contributed by atoms with E-state index in [1.54, 1.807) is 5.38 Å². The maximum atomic E-state index is 12.6. The van der Waals surface area contributed by atoms with Gasteiger partial charge in [-0.15, -0.1) is 11.3 Å². The van der Waals surface area contributed by atoms with Gasteiger partial charge in [-0.25, -0.2) is 4.98 Å². The number of benzene rings is 1. The fourth-order valence-corrected chi connectivity index (χ4v) is 3.85. The van der Waals surface area contributed by atoms with Crippen LogP contribution < -0.4 is 20.5 Å². The first-order chi connectivity index (χ1) is 12.1. The van der Waals surface area contributed by atoms with Crippen molar-refractivity contribution in [2.24, 2.45) is 11.7 Å². The molecule has 132 valence electrons. The second-order valence-electron chi connectivity index (χ2n) is 6.75. The van der Waals surface area contributed by atoms with E-state index < -0.39 is 0 Å². The van der Waals surface area contributed by atoms with Gasteiger partial charge in [0.05, 0.1) is 5.54 Å². The van der Waals surface area contributed by atoms with Crippen LogP contribution in [0.2, 0.25) is 0 Å². The Kier molecular flexibility index (Phi) is 4.13. The van der Waals surface area contributed by atoms with Crippen molar-refractivity contribution >= 4 is 17.2 Å². The van der Waals surface area contributed by atoms with Crippen molar-refractivity contribution in [3.63, 3.8) is 0 Å². The molecule has 1 saturated carbocycles. The van der Waals surface area contributed by atoms with Gasteiger partial charge < -0.3 is 20.5 Å². The average Bonchev–Trinajstić information content (AvgIpc) is 3.39. The second kappa shape index (κ2) is 6.31. The number of ether oxygens (including phenoxy) is 2. The number of carbonyl (C=O) groups is 1. The summed E-state index contributed by atoms with van der Waals surface area (Å²) in [7, 11) is 0. The lowest BCUT2D eigenvalue weighted by atomic mass is 9.96. The van der Waals surface area contributed by atoms with Crippen molar-refractivity contribution in [1.82, 2.24) is 10.3 Å². The fraction of sp³-hybridized carbons (Fsp3) is 0.444. The molecule has 4 rings (SSSR count). The molecule has 0 spiro atoms. The summed E-state index contributed by atoms with van der Waals surface area (Å²) >= 11 is 1.44. The van der Waals surface area contributed by atoms with Crippen molar-refractivity contribution in [2.45, 2.75) is 25.3 Å². The monoisotopic (exact) mass is 359 g/mol. The van der Waals surface area contributed by atoms with E-state index >= 15 is 0 Å². The molecule has 3 N–H and O–H groups in total. The van der Waals surface area contributed by atoms with E-state index in [1.165, 1.54) is 11.3 Å². The van der Waals surface area contributed by atoms with Crippen LogP contribution in [-0.2, 0) is 0 Å². The van der Waals surface area contributed by atoms with Gasteiger partial charge in [0.15, 0.2) is 11.5 Å². The Bertz CT molecular complexity index is 803. The fourth-order valence-electron chi connectivity index (χ4n) is 3.05. The normalized spacial score (nSPS) is 18.5. The molecule has 2 heterocycles. The molecule has 1 atom stereocenters. The summed E-state index contributed by atoms with van der Waals surface area (Å²) < 4.78 is 11.1. The molecule has 1 amide bonds. The molecule has 2 aromatic rings. The number of nitrogens with one attached hydrogen (secondary N) is 1. The molecule has 2 aliphatic rings. The Morgan fingerprint density at radius 2 is 2.12 bits per heavy atom. The molecule has 25 heavy (non-hydrogen) atoms. The predicted molar refractivity (Wildman–Crippen MR) is 96.2 cm³/mol. The van der Waals surface area contributed by atoms with Crippen molar-refractivity contribution < 1.29 is 14.3 Å². The number of hydrogen-bond donors (Lipinski definition) is 2. The van der Waals surface area contributed by atoms with Crippen LogP contribution in [0.15, 0.2) is 23.6 Å². The molecular weight excluding hydrogens is 338 g/mol. The van der Waals surface area contributed by atoms with Crippen LogP contribution in [0.25, 0.3) is 10.6 Å². The van der Waals surface area contributed by atoms with Crippen LogP contribution in [0.5, 0.6) is 11.5 Å². The third kappa shape index (κ3) is 3.21.